The third kappa shape index (κ3) is 1.64. The van der Waals surface area contributed by atoms with Gasteiger partial charge in [0.25, 0.3) is 0 Å². The molecular formula is C10H9F2N. The van der Waals surface area contributed by atoms with Crippen LogP contribution in [0.3, 0.4) is 0 Å². The Morgan fingerprint density at radius 1 is 1.31 bits per heavy atom. The number of benzene rings is 1. The van der Waals surface area contributed by atoms with Gasteiger partial charge in [0.2, 0.25) is 0 Å². The molecule has 0 aliphatic rings. The van der Waals surface area contributed by atoms with Crippen molar-refractivity contribution < 1.29 is 8.78 Å². The topological polar surface area (TPSA) is 12.4 Å². The fourth-order valence-electron chi connectivity index (χ4n) is 0.954. The van der Waals surface area contributed by atoms with E-state index in [1.54, 1.807) is 0 Å². The van der Waals surface area contributed by atoms with E-state index < -0.39 is 11.6 Å². The van der Waals surface area contributed by atoms with Gasteiger partial charge in [-0.1, -0.05) is 12.6 Å². The first kappa shape index (κ1) is 9.58. The van der Waals surface area contributed by atoms with Crippen LogP contribution >= 0.6 is 0 Å². The second-order valence-electron chi connectivity index (χ2n) is 2.66. The molecule has 0 heterocycles. The number of nitrogens with zero attached hydrogens (tertiary/aromatic N) is 1. The molecule has 0 radical (unpaired) electrons. The molecule has 0 saturated carbocycles. The first-order chi connectivity index (χ1) is 6.07. The average Bonchev–Trinajstić information content (AvgIpc) is 2.13. The molecule has 0 saturated heterocycles. The van der Waals surface area contributed by atoms with Crippen LogP contribution in [0, 0.1) is 18.6 Å². The van der Waals surface area contributed by atoms with E-state index in [1.165, 1.54) is 19.1 Å². The van der Waals surface area contributed by atoms with Crippen molar-refractivity contribution in [1.82, 2.24) is 0 Å². The van der Waals surface area contributed by atoms with Gasteiger partial charge in [-0.2, -0.15) is 0 Å². The highest BCUT2D eigenvalue weighted by molar-refractivity contribution is 5.66. The maximum Gasteiger partial charge on any atom is 0.168 e. The Kier molecular flexibility index (Phi) is 2.56. The van der Waals surface area contributed by atoms with E-state index in [0.29, 0.717) is 0 Å². The number of hydrogen-bond donors (Lipinski definition) is 0. The minimum absolute atomic E-state index is 0.0538. The van der Waals surface area contributed by atoms with E-state index in [1.807, 2.05) is 0 Å². The van der Waals surface area contributed by atoms with Crippen LogP contribution in [0.15, 0.2) is 23.7 Å². The van der Waals surface area contributed by atoms with Gasteiger partial charge in [0.05, 0.1) is 5.70 Å². The zero-order chi connectivity index (χ0) is 10.0. The zero-order valence-electron chi connectivity index (χ0n) is 7.27. The molecule has 3 heteroatoms. The Hall–Kier alpha value is -1.51. The van der Waals surface area contributed by atoms with Crippen molar-refractivity contribution in [2.45, 2.75) is 6.92 Å². The molecule has 1 aromatic rings. The standard InChI is InChI=1S/C10H9F2N/c1-6-4-5-8(7(2)13-3)10(12)9(6)11/h4-5H,2-3H2,1H3. The van der Waals surface area contributed by atoms with Crippen molar-refractivity contribution in [2.24, 2.45) is 4.99 Å². The van der Waals surface area contributed by atoms with E-state index in [2.05, 4.69) is 18.3 Å². The van der Waals surface area contributed by atoms with Gasteiger partial charge in [-0.25, -0.2) is 8.78 Å². The van der Waals surface area contributed by atoms with Gasteiger partial charge >= 0.3 is 0 Å². The van der Waals surface area contributed by atoms with E-state index in [-0.39, 0.29) is 16.8 Å². The molecule has 0 spiro atoms. The van der Waals surface area contributed by atoms with E-state index >= 15 is 0 Å². The Balaban J connectivity index is 3.33. The number of hydrogen-bond acceptors (Lipinski definition) is 1. The van der Waals surface area contributed by atoms with Gasteiger partial charge in [0.15, 0.2) is 11.6 Å². The highest BCUT2D eigenvalue weighted by Crippen LogP contribution is 2.21. The van der Waals surface area contributed by atoms with E-state index in [4.69, 9.17) is 0 Å². The molecule has 1 rings (SSSR count). The number of aliphatic imine (C=N–C) groups is 1. The summed E-state index contributed by atoms with van der Waals surface area (Å²) in [5.41, 5.74) is 0.451. The molecule has 13 heavy (non-hydrogen) atoms. The molecule has 0 amide bonds. The lowest BCUT2D eigenvalue weighted by atomic mass is 10.1. The van der Waals surface area contributed by atoms with Crippen LogP contribution in [-0.4, -0.2) is 6.72 Å². The summed E-state index contributed by atoms with van der Waals surface area (Å²) in [5, 5.41) is 0. The van der Waals surface area contributed by atoms with Crippen molar-refractivity contribution in [2.75, 3.05) is 0 Å². The highest BCUT2D eigenvalue weighted by atomic mass is 19.2. The largest absolute Gasteiger partial charge is 0.265 e. The van der Waals surface area contributed by atoms with Crippen LogP contribution in [0.2, 0.25) is 0 Å². The number of aryl methyl sites for hydroxylation is 1. The van der Waals surface area contributed by atoms with E-state index in [0.717, 1.165) is 0 Å². The molecule has 1 nitrogen and oxygen atoms in total. The van der Waals surface area contributed by atoms with Crippen molar-refractivity contribution in [3.63, 3.8) is 0 Å². The first-order valence-corrected chi connectivity index (χ1v) is 3.68. The molecule has 1 aromatic carbocycles. The molecule has 0 aromatic heterocycles. The third-order valence-corrected chi connectivity index (χ3v) is 1.78. The lowest BCUT2D eigenvalue weighted by Crippen LogP contribution is -1.94. The molecule has 0 N–H and O–H groups in total. The Morgan fingerprint density at radius 3 is 2.46 bits per heavy atom. The first-order valence-electron chi connectivity index (χ1n) is 3.68. The molecule has 0 bridgehead atoms. The molecule has 0 atom stereocenters. The maximum absolute atomic E-state index is 13.2. The van der Waals surface area contributed by atoms with Crippen LogP contribution < -0.4 is 0 Å². The fraction of sp³-hybridized carbons (Fsp3) is 0.100. The maximum atomic E-state index is 13.2. The fourth-order valence-corrected chi connectivity index (χ4v) is 0.954. The number of rotatable bonds is 2. The van der Waals surface area contributed by atoms with Crippen molar-refractivity contribution in [3.05, 3.63) is 41.5 Å². The average molecular weight is 181 g/mol. The smallest absolute Gasteiger partial charge is 0.168 e. The molecule has 0 aliphatic carbocycles. The summed E-state index contributed by atoms with van der Waals surface area (Å²) in [7, 11) is 0. The summed E-state index contributed by atoms with van der Waals surface area (Å²) < 4.78 is 26.2. The van der Waals surface area contributed by atoms with Gasteiger partial charge in [0.1, 0.15) is 0 Å². The quantitative estimate of drug-likeness (QED) is 0.622. The van der Waals surface area contributed by atoms with Gasteiger partial charge < -0.3 is 0 Å². The minimum Gasteiger partial charge on any atom is -0.265 e. The highest BCUT2D eigenvalue weighted by Gasteiger charge is 2.11. The summed E-state index contributed by atoms with van der Waals surface area (Å²) in [4.78, 5) is 3.44. The van der Waals surface area contributed by atoms with Crippen molar-refractivity contribution >= 4 is 12.4 Å². The Morgan fingerprint density at radius 2 is 1.92 bits per heavy atom. The summed E-state index contributed by atoms with van der Waals surface area (Å²) in [6, 6.07) is 2.91. The number of halogens is 2. The predicted octanol–water partition coefficient (Wildman–Crippen LogP) is 2.94. The summed E-state index contributed by atoms with van der Waals surface area (Å²) in [6.45, 7) is 8.12. The second kappa shape index (κ2) is 3.47. The van der Waals surface area contributed by atoms with Crippen molar-refractivity contribution in [3.8, 4) is 0 Å². The molecule has 0 fully saturated rings. The lowest BCUT2D eigenvalue weighted by Gasteiger charge is -2.04. The second-order valence-corrected chi connectivity index (χ2v) is 2.66. The van der Waals surface area contributed by atoms with Crippen LogP contribution in [-0.2, 0) is 0 Å². The van der Waals surface area contributed by atoms with Gasteiger partial charge in [-0.05, 0) is 25.3 Å². The Labute approximate surface area is 75.4 Å². The molecular weight excluding hydrogens is 172 g/mol. The van der Waals surface area contributed by atoms with Crippen molar-refractivity contribution in [1.29, 1.82) is 0 Å². The molecule has 0 unspecified atom stereocenters. The van der Waals surface area contributed by atoms with Crippen LogP contribution in [0.1, 0.15) is 11.1 Å². The van der Waals surface area contributed by atoms with Crippen LogP contribution in [0.5, 0.6) is 0 Å². The zero-order valence-corrected chi connectivity index (χ0v) is 7.27. The summed E-state index contributed by atoms with van der Waals surface area (Å²) >= 11 is 0. The third-order valence-electron chi connectivity index (χ3n) is 1.78. The lowest BCUT2D eigenvalue weighted by molar-refractivity contribution is 0.501. The normalized spacial score (nSPS) is 9.77. The minimum atomic E-state index is -0.919. The van der Waals surface area contributed by atoms with Gasteiger partial charge in [0, 0.05) is 5.56 Å². The monoisotopic (exact) mass is 181 g/mol. The van der Waals surface area contributed by atoms with Gasteiger partial charge in [-0.15, -0.1) is 0 Å². The summed E-state index contributed by atoms with van der Waals surface area (Å²) in [6.07, 6.45) is 0. The predicted molar refractivity (Wildman–Crippen MR) is 49.7 cm³/mol. The summed E-state index contributed by atoms with van der Waals surface area (Å²) in [5.74, 6) is -1.78. The SMILES string of the molecule is C=NC(=C)c1ccc(C)c(F)c1F. The van der Waals surface area contributed by atoms with Crippen LogP contribution in [0.25, 0.3) is 5.70 Å². The Bertz CT molecular complexity index is 369. The molecule has 68 valence electrons. The van der Waals surface area contributed by atoms with Crippen LogP contribution in [0.4, 0.5) is 8.78 Å². The molecule has 0 aliphatic heterocycles. The van der Waals surface area contributed by atoms with Gasteiger partial charge in [-0.3, -0.25) is 4.99 Å². The van der Waals surface area contributed by atoms with E-state index in [9.17, 15) is 8.78 Å².